The van der Waals surface area contributed by atoms with Crippen molar-refractivity contribution in [2.45, 2.75) is 25.3 Å². The average Bonchev–Trinajstić information content (AvgIpc) is 3.42. The van der Waals surface area contributed by atoms with Crippen molar-refractivity contribution in [2.75, 3.05) is 0 Å². The first-order valence-electron chi connectivity index (χ1n) is 14.4. The maximum Gasteiger partial charge on any atom is 0.326 e. The summed E-state index contributed by atoms with van der Waals surface area (Å²) < 4.78 is 1.00. The maximum atomic E-state index is 13.5. The number of carboxylic acid groups (broad SMARTS) is 1. The van der Waals surface area contributed by atoms with Crippen molar-refractivity contribution in [3.05, 3.63) is 123 Å². The van der Waals surface area contributed by atoms with Crippen LogP contribution in [0.5, 0.6) is 17.2 Å². The van der Waals surface area contributed by atoms with Gasteiger partial charge in [-0.3, -0.25) is 23.7 Å². The van der Waals surface area contributed by atoms with Gasteiger partial charge in [0.1, 0.15) is 29.0 Å². The zero-order valence-electron chi connectivity index (χ0n) is 24.8. The number of Topliss-reactive ketones (excluding diaryl/α,β-unsaturated/α-hetero) is 2. The minimum Gasteiger partial charge on any atom is -0.508 e. The highest BCUT2D eigenvalue weighted by atomic mass is 35.5. The highest BCUT2D eigenvalue weighted by Crippen LogP contribution is 2.30. The number of carboxylic acids is 1. The number of halogens is 2. The number of benzene rings is 4. The number of amides is 1. The molecular weight excluding hydrogens is 663 g/mol. The summed E-state index contributed by atoms with van der Waals surface area (Å²) in [6, 6.07) is 18.2. The zero-order chi connectivity index (χ0) is 34.7. The molecule has 13 heteroatoms. The van der Waals surface area contributed by atoms with Crippen LogP contribution in [0.25, 0.3) is 10.9 Å². The largest absolute Gasteiger partial charge is 0.508 e. The SMILES string of the molecule is O=C(CCc1cccc(O)c1)c1cc(Cl)c(C(=O)C[C@H](NC(=O)c2cc3ccccc3n2C(=O)c2cc(O)cc(O)c2)C(=O)O)c(Cl)c1. The molecule has 5 rings (SSSR count). The van der Waals surface area contributed by atoms with E-state index in [1.807, 2.05) is 0 Å². The van der Waals surface area contributed by atoms with Crippen molar-refractivity contribution >= 4 is 63.5 Å². The average molecular weight is 690 g/mol. The lowest BCUT2D eigenvalue weighted by atomic mass is 9.98. The van der Waals surface area contributed by atoms with Gasteiger partial charge >= 0.3 is 5.97 Å². The van der Waals surface area contributed by atoms with E-state index in [2.05, 4.69) is 5.32 Å². The van der Waals surface area contributed by atoms with E-state index in [0.717, 1.165) is 28.3 Å². The number of phenolic OH excluding ortho intramolecular Hbond substituents is 3. The van der Waals surface area contributed by atoms with Crippen molar-refractivity contribution in [1.29, 1.82) is 0 Å². The third-order valence-corrected chi connectivity index (χ3v) is 8.08. The molecular formula is C35H26Cl2N2O9. The monoisotopic (exact) mass is 688 g/mol. The van der Waals surface area contributed by atoms with Crippen molar-refractivity contribution in [3.63, 3.8) is 0 Å². The first kappa shape index (κ1) is 33.7. The molecule has 4 aromatic carbocycles. The minimum atomic E-state index is -1.79. The molecule has 0 aliphatic heterocycles. The lowest BCUT2D eigenvalue weighted by Crippen LogP contribution is -2.43. The van der Waals surface area contributed by atoms with Gasteiger partial charge in [-0.15, -0.1) is 0 Å². The third-order valence-electron chi connectivity index (χ3n) is 7.48. The highest BCUT2D eigenvalue weighted by molar-refractivity contribution is 6.40. The maximum absolute atomic E-state index is 13.5. The molecule has 0 bridgehead atoms. The summed E-state index contributed by atoms with van der Waals surface area (Å²) in [6.07, 6.45) is -0.397. The van der Waals surface area contributed by atoms with Gasteiger partial charge in [-0.25, -0.2) is 4.79 Å². The molecule has 1 aromatic heterocycles. The van der Waals surface area contributed by atoms with E-state index in [0.29, 0.717) is 11.8 Å². The summed E-state index contributed by atoms with van der Waals surface area (Å²) in [5, 5.41) is 41.7. The second-order valence-corrected chi connectivity index (χ2v) is 11.7. The van der Waals surface area contributed by atoms with Gasteiger partial charge in [0, 0.05) is 35.4 Å². The van der Waals surface area contributed by atoms with Crippen LogP contribution < -0.4 is 5.32 Å². The number of nitrogens with zero attached hydrogens (tertiary/aromatic N) is 1. The van der Waals surface area contributed by atoms with Gasteiger partial charge in [0.05, 0.1) is 21.1 Å². The van der Waals surface area contributed by atoms with E-state index in [-0.39, 0.29) is 55.9 Å². The van der Waals surface area contributed by atoms with Gasteiger partial charge < -0.3 is 25.7 Å². The Balaban J connectivity index is 1.36. The number of aryl methyl sites for hydroxylation is 1. The molecule has 0 spiro atoms. The Morgan fingerprint density at radius 2 is 1.40 bits per heavy atom. The van der Waals surface area contributed by atoms with Crippen LogP contribution in [-0.2, 0) is 11.2 Å². The number of nitrogens with one attached hydrogen (secondary N) is 1. The number of carbonyl (C=O) groups excluding carboxylic acids is 4. The second-order valence-electron chi connectivity index (χ2n) is 10.9. The Labute approximate surface area is 282 Å². The number of para-hydroxylation sites is 1. The van der Waals surface area contributed by atoms with E-state index in [1.165, 1.54) is 30.3 Å². The molecule has 1 amide bonds. The third kappa shape index (κ3) is 7.33. The normalized spacial score (nSPS) is 11.6. The van der Waals surface area contributed by atoms with E-state index in [1.54, 1.807) is 36.4 Å². The number of aromatic nitrogens is 1. The smallest absolute Gasteiger partial charge is 0.326 e. The van der Waals surface area contributed by atoms with Crippen molar-refractivity contribution in [2.24, 2.45) is 0 Å². The predicted octanol–water partition coefficient (Wildman–Crippen LogP) is 6.02. The Kier molecular flexibility index (Phi) is 9.83. The minimum absolute atomic E-state index is 0.0579. The van der Waals surface area contributed by atoms with Crippen molar-refractivity contribution < 1.29 is 44.4 Å². The van der Waals surface area contributed by atoms with Gasteiger partial charge in [0.15, 0.2) is 11.6 Å². The van der Waals surface area contributed by atoms with Gasteiger partial charge in [-0.1, -0.05) is 53.5 Å². The zero-order valence-corrected chi connectivity index (χ0v) is 26.3. The summed E-state index contributed by atoms with van der Waals surface area (Å²) in [5.41, 5.74) is 0.482. The quantitative estimate of drug-likeness (QED) is 0.103. The molecule has 0 aliphatic rings. The van der Waals surface area contributed by atoms with Crippen LogP contribution in [0.4, 0.5) is 0 Å². The fraction of sp³-hybridized carbons (Fsp3) is 0.114. The molecule has 1 atom stereocenters. The van der Waals surface area contributed by atoms with Gasteiger partial charge in [-0.05, 0) is 60.5 Å². The number of aliphatic carboxylic acids is 1. The van der Waals surface area contributed by atoms with Crippen LogP contribution in [0.1, 0.15) is 60.0 Å². The molecule has 11 nitrogen and oxygen atoms in total. The van der Waals surface area contributed by atoms with Gasteiger partial charge in [0.25, 0.3) is 11.8 Å². The standard InChI is InChI=1S/C35H26Cl2N2O9/c36-25-13-20(30(43)9-8-18-4-3-6-22(40)10-18)14-26(37)32(25)31(44)17-27(35(47)48)38-33(45)29-15-19-5-1-2-7-28(19)39(29)34(46)21-11-23(41)16-24(42)12-21/h1-7,10-16,27,40-42H,8-9,17H2,(H,38,45)(H,47,48)/t27-/m0/s1. The molecule has 0 saturated heterocycles. The van der Waals surface area contributed by atoms with Crippen LogP contribution in [0.15, 0.2) is 84.9 Å². The molecule has 0 saturated carbocycles. The summed E-state index contributed by atoms with van der Waals surface area (Å²) >= 11 is 12.7. The van der Waals surface area contributed by atoms with Crippen LogP contribution in [0.3, 0.4) is 0 Å². The van der Waals surface area contributed by atoms with E-state index in [4.69, 9.17) is 23.2 Å². The fourth-order valence-electron chi connectivity index (χ4n) is 5.22. The number of hydrogen-bond donors (Lipinski definition) is 5. The molecule has 1 heterocycles. The molecule has 0 aliphatic carbocycles. The van der Waals surface area contributed by atoms with Gasteiger partial charge in [-0.2, -0.15) is 0 Å². The van der Waals surface area contributed by atoms with Crippen LogP contribution in [0.2, 0.25) is 10.0 Å². The summed E-state index contributed by atoms with van der Waals surface area (Å²) in [7, 11) is 0. The number of aromatic hydroxyl groups is 3. The first-order valence-corrected chi connectivity index (χ1v) is 15.1. The number of rotatable bonds is 11. The van der Waals surface area contributed by atoms with Crippen LogP contribution in [0, 0.1) is 0 Å². The predicted molar refractivity (Wildman–Crippen MR) is 176 cm³/mol. The molecule has 0 unspecified atom stereocenters. The van der Waals surface area contributed by atoms with E-state index < -0.39 is 47.5 Å². The Hall–Kier alpha value is -5.65. The number of carbonyl (C=O) groups is 5. The van der Waals surface area contributed by atoms with Crippen molar-refractivity contribution in [1.82, 2.24) is 9.88 Å². The van der Waals surface area contributed by atoms with Gasteiger partial charge in [0.2, 0.25) is 0 Å². The first-order chi connectivity index (χ1) is 22.8. The highest BCUT2D eigenvalue weighted by Gasteiger charge is 2.30. The summed E-state index contributed by atoms with van der Waals surface area (Å²) in [6.45, 7) is 0. The Morgan fingerprint density at radius 1 is 0.729 bits per heavy atom. The molecule has 48 heavy (non-hydrogen) atoms. The second kappa shape index (κ2) is 14.0. The van der Waals surface area contributed by atoms with Crippen LogP contribution >= 0.6 is 23.2 Å². The van der Waals surface area contributed by atoms with E-state index >= 15 is 0 Å². The van der Waals surface area contributed by atoms with E-state index in [9.17, 15) is 44.4 Å². The van der Waals surface area contributed by atoms with Crippen LogP contribution in [-0.4, -0.2) is 60.4 Å². The number of hydrogen-bond acceptors (Lipinski definition) is 8. The molecule has 0 radical (unpaired) electrons. The molecule has 0 fully saturated rings. The lowest BCUT2D eigenvalue weighted by Gasteiger charge is -2.16. The molecule has 5 N–H and O–H groups in total. The molecule has 244 valence electrons. The summed E-state index contributed by atoms with van der Waals surface area (Å²) in [5.74, 6) is -5.25. The topological polar surface area (TPSA) is 183 Å². The van der Waals surface area contributed by atoms with Crippen molar-refractivity contribution in [3.8, 4) is 17.2 Å². The lowest BCUT2D eigenvalue weighted by molar-refractivity contribution is -0.139. The number of ketones is 2. The number of phenols is 3. The summed E-state index contributed by atoms with van der Waals surface area (Å²) in [4.78, 5) is 65.4. The Bertz CT molecular complexity index is 2080. The number of fused-ring (bicyclic) bond motifs is 1. The fourth-order valence-corrected chi connectivity index (χ4v) is 5.92. The molecule has 5 aromatic rings. The Morgan fingerprint density at radius 3 is 2.04 bits per heavy atom.